The van der Waals surface area contributed by atoms with Crippen LogP contribution in [0.15, 0.2) is 59.4 Å². The van der Waals surface area contributed by atoms with Gasteiger partial charge in [-0.05, 0) is 17.7 Å². The van der Waals surface area contributed by atoms with Crippen LogP contribution in [0.3, 0.4) is 0 Å². The van der Waals surface area contributed by atoms with Gasteiger partial charge in [0.15, 0.2) is 0 Å². The van der Waals surface area contributed by atoms with Crippen LogP contribution >= 0.6 is 0 Å². The zero-order valence-corrected chi connectivity index (χ0v) is 16.0. The molecular weight excluding hydrogens is 370 g/mol. The van der Waals surface area contributed by atoms with Crippen molar-refractivity contribution in [2.45, 2.75) is 12.6 Å². The van der Waals surface area contributed by atoms with Gasteiger partial charge in [-0.25, -0.2) is 4.68 Å². The van der Waals surface area contributed by atoms with Gasteiger partial charge in [-0.2, -0.15) is 0 Å². The minimum Gasteiger partial charge on any atom is -0.379 e. The SMILES string of the molecule is O=C(Cn1nnc2ccccc2c1=O)NC(CN1CCOCC1)c1ccccc1. The van der Waals surface area contributed by atoms with E-state index in [-0.39, 0.29) is 24.1 Å². The van der Waals surface area contributed by atoms with E-state index in [1.165, 1.54) is 0 Å². The number of ether oxygens (including phenoxy) is 1. The Hall–Kier alpha value is -3.10. The van der Waals surface area contributed by atoms with Crippen molar-refractivity contribution in [1.82, 2.24) is 25.2 Å². The standard InChI is InChI=1S/C21H23N5O3/c27-20(15-26-21(28)17-8-4-5-9-18(17)23-24-26)22-19(16-6-2-1-3-7-16)14-25-10-12-29-13-11-25/h1-9,19H,10-15H2,(H,22,27). The van der Waals surface area contributed by atoms with Crippen LogP contribution in [0.25, 0.3) is 10.9 Å². The van der Waals surface area contributed by atoms with Crippen molar-refractivity contribution < 1.29 is 9.53 Å². The maximum absolute atomic E-state index is 12.7. The summed E-state index contributed by atoms with van der Waals surface area (Å²) in [6, 6.07) is 16.6. The summed E-state index contributed by atoms with van der Waals surface area (Å²) in [6.45, 7) is 3.54. The zero-order chi connectivity index (χ0) is 20.1. The van der Waals surface area contributed by atoms with Gasteiger partial charge in [0, 0.05) is 19.6 Å². The van der Waals surface area contributed by atoms with E-state index in [4.69, 9.17) is 4.74 Å². The summed E-state index contributed by atoms with van der Waals surface area (Å²) in [5.74, 6) is -0.279. The van der Waals surface area contributed by atoms with Crippen LogP contribution in [0, 0.1) is 0 Å². The van der Waals surface area contributed by atoms with Crippen LogP contribution in [0.2, 0.25) is 0 Å². The summed E-state index contributed by atoms with van der Waals surface area (Å²) in [7, 11) is 0. The number of benzene rings is 2. The molecule has 1 amide bonds. The molecule has 0 bridgehead atoms. The van der Waals surface area contributed by atoms with Gasteiger partial charge >= 0.3 is 0 Å². The summed E-state index contributed by atoms with van der Waals surface area (Å²) >= 11 is 0. The maximum atomic E-state index is 12.7. The van der Waals surface area contributed by atoms with Gasteiger partial charge in [0.05, 0.1) is 24.6 Å². The second kappa shape index (κ2) is 8.93. The van der Waals surface area contributed by atoms with E-state index in [9.17, 15) is 9.59 Å². The van der Waals surface area contributed by atoms with E-state index in [0.717, 1.165) is 23.3 Å². The monoisotopic (exact) mass is 393 g/mol. The highest BCUT2D eigenvalue weighted by Gasteiger charge is 2.21. The Kier molecular flexibility index (Phi) is 5.92. The molecule has 1 aliphatic heterocycles. The van der Waals surface area contributed by atoms with E-state index in [1.54, 1.807) is 24.3 Å². The van der Waals surface area contributed by atoms with E-state index in [0.29, 0.717) is 30.7 Å². The van der Waals surface area contributed by atoms with E-state index in [2.05, 4.69) is 20.5 Å². The number of nitrogens with one attached hydrogen (secondary N) is 1. The molecule has 1 aliphatic rings. The number of nitrogens with zero attached hydrogens (tertiary/aromatic N) is 4. The molecule has 2 aromatic carbocycles. The van der Waals surface area contributed by atoms with Crippen LogP contribution in [0.5, 0.6) is 0 Å². The molecule has 1 aromatic heterocycles. The largest absolute Gasteiger partial charge is 0.379 e. The van der Waals surface area contributed by atoms with Crippen LogP contribution in [-0.4, -0.2) is 58.6 Å². The van der Waals surface area contributed by atoms with Crippen LogP contribution in [-0.2, 0) is 16.1 Å². The molecule has 1 unspecified atom stereocenters. The molecule has 0 spiro atoms. The molecule has 1 fully saturated rings. The minimum absolute atomic E-state index is 0.177. The van der Waals surface area contributed by atoms with Crippen LogP contribution < -0.4 is 10.9 Å². The quantitative estimate of drug-likeness (QED) is 0.672. The highest BCUT2D eigenvalue weighted by molar-refractivity contribution is 5.78. The van der Waals surface area contributed by atoms with Crippen molar-refractivity contribution in [3.8, 4) is 0 Å². The first-order valence-electron chi connectivity index (χ1n) is 9.67. The van der Waals surface area contributed by atoms with E-state index < -0.39 is 0 Å². The third-order valence-corrected chi connectivity index (χ3v) is 5.00. The van der Waals surface area contributed by atoms with Gasteiger partial charge in [-0.15, -0.1) is 5.10 Å². The van der Waals surface area contributed by atoms with Crippen LogP contribution in [0.4, 0.5) is 0 Å². The molecule has 1 N–H and O–H groups in total. The Morgan fingerprint density at radius 1 is 1.07 bits per heavy atom. The smallest absolute Gasteiger partial charge is 0.278 e. The van der Waals surface area contributed by atoms with Gasteiger partial charge < -0.3 is 10.1 Å². The third-order valence-electron chi connectivity index (χ3n) is 5.00. The lowest BCUT2D eigenvalue weighted by Crippen LogP contribution is -2.44. The lowest BCUT2D eigenvalue weighted by atomic mass is 10.1. The summed E-state index contributed by atoms with van der Waals surface area (Å²) in [5, 5.41) is 11.4. The fraction of sp³-hybridized carbons (Fsp3) is 0.333. The highest BCUT2D eigenvalue weighted by atomic mass is 16.5. The maximum Gasteiger partial charge on any atom is 0.278 e. The average Bonchev–Trinajstić information content (AvgIpc) is 2.77. The fourth-order valence-electron chi connectivity index (χ4n) is 3.46. The number of amides is 1. The van der Waals surface area contributed by atoms with Crippen molar-refractivity contribution in [2.75, 3.05) is 32.8 Å². The first kappa shape index (κ1) is 19.2. The van der Waals surface area contributed by atoms with Crippen molar-refractivity contribution in [3.05, 3.63) is 70.5 Å². The number of carbonyl (C=O) groups is 1. The topological polar surface area (TPSA) is 89.3 Å². The summed E-state index contributed by atoms with van der Waals surface area (Å²) in [5.41, 5.74) is 1.21. The molecule has 0 radical (unpaired) electrons. The lowest BCUT2D eigenvalue weighted by molar-refractivity contribution is -0.123. The fourth-order valence-corrected chi connectivity index (χ4v) is 3.46. The molecule has 8 nitrogen and oxygen atoms in total. The molecule has 0 aliphatic carbocycles. The number of carbonyl (C=O) groups excluding carboxylic acids is 1. The molecule has 1 atom stereocenters. The predicted octanol–water partition coefficient (Wildman–Crippen LogP) is 0.981. The second-order valence-corrected chi connectivity index (χ2v) is 7.01. The Morgan fingerprint density at radius 3 is 2.59 bits per heavy atom. The minimum atomic E-state index is -0.324. The highest BCUT2D eigenvalue weighted by Crippen LogP contribution is 2.15. The Balaban J connectivity index is 1.50. The van der Waals surface area contributed by atoms with Gasteiger partial charge in [-0.3, -0.25) is 14.5 Å². The van der Waals surface area contributed by atoms with Gasteiger partial charge in [-0.1, -0.05) is 47.7 Å². The van der Waals surface area contributed by atoms with Crippen molar-refractivity contribution in [1.29, 1.82) is 0 Å². The van der Waals surface area contributed by atoms with Gasteiger partial charge in [0.25, 0.3) is 5.56 Å². The molecule has 0 saturated carbocycles. The van der Waals surface area contributed by atoms with Crippen molar-refractivity contribution in [3.63, 3.8) is 0 Å². The molecule has 2 heterocycles. The molecule has 4 rings (SSSR count). The predicted molar refractivity (Wildman–Crippen MR) is 108 cm³/mol. The average molecular weight is 393 g/mol. The Labute approximate surface area is 168 Å². The number of rotatable bonds is 6. The second-order valence-electron chi connectivity index (χ2n) is 7.01. The third kappa shape index (κ3) is 4.67. The van der Waals surface area contributed by atoms with E-state index in [1.807, 2.05) is 30.3 Å². The summed E-state index contributed by atoms with van der Waals surface area (Å²) in [4.78, 5) is 27.6. The number of fused-ring (bicyclic) bond motifs is 1. The molecule has 3 aromatic rings. The summed E-state index contributed by atoms with van der Waals surface area (Å²) in [6.07, 6.45) is 0. The number of aromatic nitrogens is 3. The van der Waals surface area contributed by atoms with Gasteiger partial charge in [0.2, 0.25) is 5.91 Å². The first-order chi connectivity index (χ1) is 14.2. The lowest BCUT2D eigenvalue weighted by Gasteiger charge is -2.31. The number of morpholine rings is 1. The molecule has 29 heavy (non-hydrogen) atoms. The molecule has 150 valence electrons. The van der Waals surface area contributed by atoms with Gasteiger partial charge in [0.1, 0.15) is 12.1 Å². The number of hydrogen-bond donors (Lipinski definition) is 1. The normalized spacial score (nSPS) is 15.9. The van der Waals surface area contributed by atoms with Crippen molar-refractivity contribution >= 4 is 16.8 Å². The van der Waals surface area contributed by atoms with E-state index >= 15 is 0 Å². The molecule has 1 saturated heterocycles. The molecular formula is C21H23N5O3. The summed E-state index contributed by atoms with van der Waals surface area (Å²) < 4.78 is 6.52. The first-order valence-corrected chi connectivity index (χ1v) is 9.67. The number of hydrogen-bond acceptors (Lipinski definition) is 6. The zero-order valence-electron chi connectivity index (χ0n) is 16.0. The van der Waals surface area contributed by atoms with Crippen LogP contribution in [0.1, 0.15) is 11.6 Å². The molecule has 8 heteroatoms. The Bertz CT molecular complexity index is 1030. The Morgan fingerprint density at radius 2 is 1.79 bits per heavy atom. The van der Waals surface area contributed by atoms with Crippen molar-refractivity contribution in [2.24, 2.45) is 0 Å².